The number of aromatic nitrogens is 3. The molecular weight excluding hydrogens is 434 g/mol. The van der Waals surface area contributed by atoms with Crippen molar-refractivity contribution in [2.45, 2.75) is 49.8 Å². The van der Waals surface area contributed by atoms with Gasteiger partial charge in [0.25, 0.3) is 10.0 Å². The van der Waals surface area contributed by atoms with E-state index in [-0.39, 0.29) is 11.1 Å². The molecule has 27 heavy (non-hydrogen) atoms. The van der Waals surface area contributed by atoms with E-state index in [9.17, 15) is 8.42 Å². The number of nitrogens with zero attached hydrogens (tertiary/aromatic N) is 3. The molecule has 3 rings (SSSR count). The monoisotopic (exact) mass is 455 g/mol. The summed E-state index contributed by atoms with van der Waals surface area (Å²) in [5.74, 6) is 1.03. The molecule has 1 saturated carbocycles. The van der Waals surface area contributed by atoms with Crippen molar-refractivity contribution in [1.29, 1.82) is 0 Å². The maximum Gasteiger partial charge on any atom is 0.255 e. The molecule has 1 fully saturated rings. The first kappa shape index (κ1) is 19.9. The normalized spacial score (nSPS) is 16.6. The minimum absolute atomic E-state index is 0.167. The van der Waals surface area contributed by atoms with Crippen LogP contribution in [0.25, 0.3) is 0 Å². The smallest absolute Gasteiger partial charge is 0.255 e. The zero-order valence-electron chi connectivity index (χ0n) is 15.0. The average Bonchev–Trinajstić information content (AvgIpc) is 3.41. The van der Waals surface area contributed by atoms with Gasteiger partial charge in [0.1, 0.15) is 5.82 Å². The molecule has 0 spiro atoms. The molecule has 11 heteroatoms. The second-order valence-electron chi connectivity index (χ2n) is 6.61. The Hall–Kier alpha value is -1.82. The molecule has 2 atom stereocenters. The van der Waals surface area contributed by atoms with E-state index >= 15 is 0 Å². The van der Waals surface area contributed by atoms with Crippen molar-refractivity contribution in [3.8, 4) is 0 Å². The van der Waals surface area contributed by atoms with E-state index in [2.05, 4.69) is 60.7 Å². The lowest BCUT2D eigenvalue weighted by Gasteiger charge is -2.23. The van der Waals surface area contributed by atoms with Crippen LogP contribution in [-0.4, -0.2) is 41.5 Å². The predicted molar refractivity (Wildman–Crippen MR) is 107 cm³/mol. The van der Waals surface area contributed by atoms with Crippen LogP contribution in [-0.2, 0) is 10.0 Å². The van der Waals surface area contributed by atoms with Gasteiger partial charge in [-0.25, -0.2) is 23.5 Å². The van der Waals surface area contributed by atoms with E-state index in [4.69, 9.17) is 5.14 Å². The summed E-state index contributed by atoms with van der Waals surface area (Å²) in [6.07, 6.45) is 5.49. The van der Waals surface area contributed by atoms with E-state index in [1.807, 2.05) is 0 Å². The fourth-order valence-electron chi connectivity index (χ4n) is 2.39. The number of primary sulfonamides is 1. The van der Waals surface area contributed by atoms with Gasteiger partial charge in [-0.2, -0.15) is 4.98 Å². The number of nitrogens with one attached hydrogen (secondary N) is 3. The van der Waals surface area contributed by atoms with E-state index in [1.54, 1.807) is 12.3 Å². The summed E-state index contributed by atoms with van der Waals surface area (Å²) in [6.45, 7) is 4.24. The molecule has 0 aliphatic heterocycles. The number of rotatable bonds is 8. The number of hydrogen-bond acceptors (Lipinski definition) is 8. The topological polar surface area (TPSA) is 135 Å². The first-order valence-electron chi connectivity index (χ1n) is 8.53. The number of nitrogens with two attached hydrogens (primary N) is 1. The molecule has 2 heterocycles. The number of anilines is 3. The van der Waals surface area contributed by atoms with Gasteiger partial charge in [0.05, 0.1) is 16.4 Å². The molecule has 5 N–H and O–H groups in total. The zero-order valence-corrected chi connectivity index (χ0v) is 17.4. The van der Waals surface area contributed by atoms with E-state index < -0.39 is 10.0 Å². The van der Waals surface area contributed by atoms with Crippen LogP contribution in [0, 0.1) is 0 Å². The van der Waals surface area contributed by atoms with Gasteiger partial charge >= 0.3 is 0 Å². The van der Waals surface area contributed by atoms with Gasteiger partial charge in [-0.3, -0.25) is 0 Å². The van der Waals surface area contributed by atoms with Gasteiger partial charge < -0.3 is 16.0 Å². The summed E-state index contributed by atoms with van der Waals surface area (Å²) in [5, 5.41) is 14.8. The summed E-state index contributed by atoms with van der Waals surface area (Å²) >= 11 is 3.46. The van der Waals surface area contributed by atoms with Crippen molar-refractivity contribution in [2.24, 2.45) is 5.14 Å². The van der Waals surface area contributed by atoms with Gasteiger partial charge in [-0.05, 0) is 54.8 Å². The molecule has 146 valence electrons. The van der Waals surface area contributed by atoms with Gasteiger partial charge in [-0.1, -0.05) is 0 Å². The quantitative estimate of drug-likeness (QED) is 0.474. The molecule has 2 aromatic heterocycles. The zero-order chi connectivity index (χ0) is 19.6. The van der Waals surface area contributed by atoms with Crippen molar-refractivity contribution >= 4 is 43.4 Å². The summed E-state index contributed by atoms with van der Waals surface area (Å²) in [5.41, 5.74) is 0.549. The minimum atomic E-state index is -3.82. The summed E-state index contributed by atoms with van der Waals surface area (Å²) in [4.78, 5) is 12.5. The molecule has 0 radical (unpaired) electrons. The van der Waals surface area contributed by atoms with Gasteiger partial charge in [0.2, 0.25) is 5.95 Å². The molecular formula is C16H22BrN7O2S. The molecule has 0 bridgehead atoms. The molecule has 0 amide bonds. The highest BCUT2D eigenvalue weighted by Crippen LogP contribution is 2.24. The minimum Gasteiger partial charge on any atom is -0.365 e. The van der Waals surface area contributed by atoms with Gasteiger partial charge in [0.15, 0.2) is 5.03 Å². The molecule has 2 aromatic rings. The second kappa shape index (κ2) is 8.05. The Labute approximate surface area is 166 Å². The van der Waals surface area contributed by atoms with E-state index in [0.717, 1.165) is 4.47 Å². The van der Waals surface area contributed by atoms with Crippen LogP contribution in [0.1, 0.15) is 26.7 Å². The summed E-state index contributed by atoms with van der Waals surface area (Å²) < 4.78 is 23.3. The van der Waals surface area contributed by atoms with Crippen LogP contribution in [0.15, 0.2) is 34.0 Å². The standard InChI is InChI=1S/C16H22BrN7O2S/c1-9(21-11-3-4-11)10(2)22-15-13(17)8-20-16(24-15)23-12-5-6-14(19-7-12)27(18,25)26/h5-11,21H,3-4H2,1-2H3,(H2,18,25,26)(H2,20,22,23,24). The third kappa shape index (κ3) is 5.58. The van der Waals surface area contributed by atoms with Crippen molar-refractivity contribution in [3.05, 3.63) is 29.0 Å². The maximum absolute atomic E-state index is 11.3. The summed E-state index contributed by atoms with van der Waals surface area (Å²) in [6, 6.07) is 3.97. The van der Waals surface area contributed by atoms with Crippen LogP contribution in [0.2, 0.25) is 0 Å². The molecule has 1 aliphatic carbocycles. The maximum atomic E-state index is 11.3. The number of halogens is 1. The van der Waals surface area contributed by atoms with Crippen molar-refractivity contribution < 1.29 is 8.42 Å². The first-order chi connectivity index (χ1) is 12.7. The highest BCUT2D eigenvalue weighted by Gasteiger charge is 2.25. The average molecular weight is 456 g/mol. The predicted octanol–water partition coefficient (Wildman–Crippen LogP) is 1.97. The highest BCUT2D eigenvalue weighted by atomic mass is 79.9. The van der Waals surface area contributed by atoms with Crippen molar-refractivity contribution in [1.82, 2.24) is 20.3 Å². The Balaban J connectivity index is 1.69. The molecule has 1 aliphatic rings. The molecule has 0 aromatic carbocycles. The Kier molecular flexibility index (Phi) is 5.94. The lowest BCUT2D eigenvalue weighted by Crippen LogP contribution is -2.41. The van der Waals surface area contributed by atoms with Crippen LogP contribution >= 0.6 is 15.9 Å². The molecule has 0 saturated heterocycles. The molecule has 9 nitrogen and oxygen atoms in total. The van der Waals surface area contributed by atoms with Crippen LogP contribution in [0.4, 0.5) is 17.5 Å². The first-order valence-corrected chi connectivity index (χ1v) is 10.9. The number of pyridine rings is 1. The largest absolute Gasteiger partial charge is 0.365 e. The van der Waals surface area contributed by atoms with Crippen LogP contribution in [0.3, 0.4) is 0 Å². The number of hydrogen-bond donors (Lipinski definition) is 4. The third-order valence-electron chi connectivity index (χ3n) is 4.22. The molecule has 2 unspecified atom stereocenters. The van der Waals surface area contributed by atoms with Crippen molar-refractivity contribution in [2.75, 3.05) is 10.6 Å². The lowest BCUT2D eigenvalue weighted by molar-refractivity contribution is 0.494. The SMILES string of the molecule is CC(Nc1nc(Nc2ccc(S(N)(=O)=O)nc2)ncc1Br)C(C)NC1CC1. The van der Waals surface area contributed by atoms with Crippen LogP contribution < -0.4 is 21.1 Å². The fraction of sp³-hybridized carbons (Fsp3) is 0.438. The fourth-order valence-corrected chi connectivity index (χ4v) is 3.15. The Morgan fingerprint density at radius 1 is 1.19 bits per heavy atom. The Morgan fingerprint density at radius 2 is 1.93 bits per heavy atom. The van der Waals surface area contributed by atoms with Gasteiger partial charge in [0, 0.05) is 24.3 Å². The Bertz CT molecular complexity index is 903. The van der Waals surface area contributed by atoms with Gasteiger partial charge in [-0.15, -0.1) is 0 Å². The van der Waals surface area contributed by atoms with E-state index in [0.29, 0.717) is 29.5 Å². The van der Waals surface area contributed by atoms with Crippen LogP contribution in [0.5, 0.6) is 0 Å². The third-order valence-corrected chi connectivity index (χ3v) is 5.62. The number of sulfonamides is 1. The highest BCUT2D eigenvalue weighted by molar-refractivity contribution is 9.10. The lowest BCUT2D eigenvalue weighted by atomic mass is 10.1. The Morgan fingerprint density at radius 3 is 2.52 bits per heavy atom. The van der Waals surface area contributed by atoms with E-state index in [1.165, 1.54) is 25.1 Å². The second-order valence-corrected chi connectivity index (χ2v) is 8.97. The summed E-state index contributed by atoms with van der Waals surface area (Å²) in [7, 11) is -3.82. The van der Waals surface area contributed by atoms with Crippen molar-refractivity contribution in [3.63, 3.8) is 0 Å².